The maximum Gasteiger partial charge on any atom is 0.265 e. The molecule has 31 heavy (non-hydrogen) atoms. The average molecular weight is 424 g/mol. The number of para-hydroxylation sites is 3. The van der Waals surface area contributed by atoms with Crippen molar-refractivity contribution in [1.29, 1.82) is 0 Å². The van der Waals surface area contributed by atoms with Crippen molar-refractivity contribution in [3.8, 4) is 11.5 Å². The Kier molecular flexibility index (Phi) is 6.60. The van der Waals surface area contributed by atoms with E-state index >= 15 is 0 Å². The van der Waals surface area contributed by atoms with Crippen LogP contribution < -0.4 is 19.7 Å². The number of benzene rings is 2. The standard InChI is InChI=1S/C24H29N3O4/c1-30-20-11-5-3-9-18(20)15-25-23(28)17-27-16-22(24(29)26-13-7-2-8-14-26)31-21-12-6-4-10-19(21)27/h3-6,9-12,22H,2,7-8,13-17H2,1H3,(H,25,28)/t22-/m1/s1. The first-order valence-corrected chi connectivity index (χ1v) is 10.8. The first kappa shape index (κ1) is 21.0. The van der Waals surface area contributed by atoms with Gasteiger partial charge in [-0.15, -0.1) is 0 Å². The second-order valence-corrected chi connectivity index (χ2v) is 7.93. The van der Waals surface area contributed by atoms with Gasteiger partial charge in [-0.05, 0) is 37.5 Å². The summed E-state index contributed by atoms with van der Waals surface area (Å²) in [5, 5.41) is 2.96. The fraction of sp³-hybridized carbons (Fsp3) is 0.417. The van der Waals surface area contributed by atoms with Gasteiger partial charge in [0.05, 0.1) is 25.9 Å². The molecule has 0 spiro atoms. The molecule has 1 atom stereocenters. The average Bonchev–Trinajstić information content (AvgIpc) is 2.83. The summed E-state index contributed by atoms with van der Waals surface area (Å²) in [4.78, 5) is 29.6. The van der Waals surface area contributed by atoms with Crippen LogP contribution in [0.25, 0.3) is 0 Å². The lowest BCUT2D eigenvalue weighted by atomic mass is 10.1. The van der Waals surface area contributed by atoms with Crippen LogP contribution in [0.1, 0.15) is 24.8 Å². The zero-order chi connectivity index (χ0) is 21.6. The second-order valence-electron chi connectivity index (χ2n) is 7.93. The van der Waals surface area contributed by atoms with Crippen molar-refractivity contribution in [3.05, 3.63) is 54.1 Å². The summed E-state index contributed by atoms with van der Waals surface area (Å²) in [6.07, 6.45) is 2.63. The highest BCUT2D eigenvalue weighted by atomic mass is 16.5. The summed E-state index contributed by atoms with van der Waals surface area (Å²) in [6.45, 7) is 2.44. The number of carbonyl (C=O) groups is 2. The minimum absolute atomic E-state index is 0.00799. The molecule has 0 radical (unpaired) electrons. The number of likely N-dealkylation sites (tertiary alicyclic amines) is 1. The highest BCUT2D eigenvalue weighted by molar-refractivity contribution is 5.86. The fourth-order valence-electron chi connectivity index (χ4n) is 4.18. The number of ether oxygens (including phenoxy) is 2. The van der Waals surface area contributed by atoms with E-state index < -0.39 is 6.10 Å². The van der Waals surface area contributed by atoms with Crippen LogP contribution in [-0.2, 0) is 16.1 Å². The molecule has 0 bridgehead atoms. The van der Waals surface area contributed by atoms with Gasteiger partial charge in [0.2, 0.25) is 5.91 Å². The summed E-state index contributed by atoms with van der Waals surface area (Å²) in [5.74, 6) is 1.27. The highest BCUT2D eigenvalue weighted by Gasteiger charge is 2.34. The van der Waals surface area contributed by atoms with Gasteiger partial charge in [0.25, 0.3) is 5.91 Å². The number of carbonyl (C=O) groups excluding carboxylic acids is 2. The molecular formula is C24H29N3O4. The van der Waals surface area contributed by atoms with Crippen LogP contribution in [-0.4, -0.2) is 56.1 Å². The van der Waals surface area contributed by atoms with Crippen LogP contribution in [0.2, 0.25) is 0 Å². The number of methoxy groups -OCH3 is 1. The molecule has 7 nitrogen and oxygen atoms in total. The zero-order valence-electron chi connectivity index (χ0n) is 17.9. The number of nitrogens with zero attached hydrogens (tertiary/aromatic N) is 2. The number of piperidine rings is 1. The number of anilines is 1. The Hall–Kier alpha value is -3.22. The van der Waals surface area contributed by atoms with Gasteiger partial charge in [-0.2, -0.15) is 0 Å². The van der Waals surface area contributed by atoms with Crippen LogP contribution >= 0.6 is 0 Å². The summed E-state index contributed by atoms with van der Waals surface area (Å²) >= 11 is 0. The number of amides is 2. The van der Waals surface area contributed by atoms with Gasteiger partial charge < -0.3 is 24.6 Å². The molecule has 1 saturated heterocycles. The Balaban J connectivity index is 1.43. The zero-order valence-corrected chi connectivity index (χ0v) is 17.9. The van der Waals surface area contributed by atoms with Crippen LogP contribution in [0.4, 0.5) is 5.69 Å². The molecule has 0 aromatic heterocycles. The molecule has 0 unspecified atom stereocenters. The lowest BCUT2D eigenvalue weighted by molar-refractivity contribution is -0.139. The Labute approximate surface area is 182 Å². The van der Waals surface area contributed by atoms with Gasteiger partial charge in [-0.1, -0.05) is 30.3 Å². The van der Waals surface area contributed by atoms with Crippen molar-refractivity contribution in [2.24, 2.45) is 0 Å². The number of hydrogen-bond donors (Lipinski definition) is 1. The van der Waals surface area contributed by atoms with Crippen molar-refractivity contribution < 1.29 is 19.1 Å². The molecule has 2 aliphatic heterocycles. The van der Waals surface area contributed by atoms with Crippen molar-refractivity contribution in [1.82, 2.24) is 10.2 Å². The predicted octanol–water partition coefficient (Wildman–Crippen LogP) is 2.59. The van der Waals surface area contributed by atoms with E-state index in [0.717, 1.165) is 49.4 Å². The van der Waals surface area contributed by atoms with Crippen molar-refractivity contribution in [2.45, 2.75) is 31.9 Å². The Bertz CT molecular complexity index is 927. The Morgan fingerprint density at radius 3 is 2.61 bits per heavy atom. The molecule has 1 fully saturated rings. The first-order valence-electron chi connectivity index (χ1n) is 10.8. The molecule has 0 aliphatic carbocycles. The Morgan fingerprint density at radius 1 is 1.06 bits per heavy atom. The maximum absolute atomic E-state index is 13.0. The van der Waals surface area contributed by atoms with E-state index in [2.05, 4.69) is 5.32 Å². The van der Waals surface area contributed by atoms with Crippen molar-refractivity contribution in [3.63, 3.8) is 0 Å². The summed E-state index contributed by atoms with van der Waals surface area (Å²) in [6, 6.07) is 15.2. The molecule has 2 aromatic carbocycles. The van der Waals surface area contributed by atoms with Crippen LogP contribution in [0.3, 0.4) is 0 Å². The predicted molar refractivity (Wildman–Crippen MR) is 118 cm³/mol. The molecule has 2 aliphatic rings. The van der Waals surface area contributed by atoms with Crippen LogP contribution in [0, 0.1) is 0 Å². The van der Waals surface area contributed by atoms with Crippen LogP contribution in [0.5, 0.6) is 11.5 Å². The van der Waals surface area contributed by atoms with Crippen molar-refractivity contribution in [2.75, 3.05) is 38.2 Å². The molecule has 0 saturated carbocycles. The van der Waals surface area contributed by atoms with E-state index in [1.807, 2.05) is 58.3 Å². The quantitative estimate of drug-likeness (QED) is 0.773. The SMILES string of the molecule is COc1ccccc1CNC(=O)CN1C[C@H](C(=O)N2CCCCC2)Oc2ccccc21. The van der Waals surface area contributed by atoms with E-state index in [1.54, 1.807) is 7.11 Å². The molecule has 4 rings (SSSR count). The van der Waals surface area contributed by atoms with Crippen LogP contribution in [0.15, 0.2) is 48.5 Å². The fourth-order valence-corrected chi connectivity index (χ4v) is 4.18. The smallest absolute Gasteiger partial charge is 0.265 e. The number of rotatable bonds is 6. The van der Waals surface area contributed by atoms with Gasteiger partial charge in [-0.3, -0.25) is 9.59 Å². The van der Waals surface area contributed by atoms with E-state index in [1.165, 1.54) is 0 Å². The normalized spacial score (nSPS) is 18.0. The number of hydrogen-bond acceptors (Lipinski definition) is 5. The third-order valence-electron chi connectivity index (χ3n) is 5.81. The summed E-state index contributed by atoms with van der Waals surface area (Å²) < 4.78 is 11.4. The van der Waals surface area contributed by atoms with Gasteiger partial charge in [0.1, 0.15) is 11.5 Å². The van der Waals surface area contributed by atoms with Gasteiger partial charge >= 0.3 is 0 Å². The maximum atomic E-state index is 13.0. The largest absolute Gasteiger partial charge is 0.496 e. The highest BCUT2D eigenvalue weighted by Crippen LogP contribution is 2.33. The molecule has 1 N–H and O–H groups in total. The topological polar surface area (TPSA) is 71.1 Å². The van der Waals surface area contributed by atoms with E-state index in [4.69, 9.17) is 9.47 Å². The molecule has 7 heteroatoms. The number of fused-ring (bicyclic) bond motifs is 1. The molecule has 2 heterocycles. The summed E-state index contributed by atoms with van der Waals surface area (Å²) in [5.41, 5.74) is 1.75. The minimum atomic E-state index is -0.602. The summed E-state index contributed by atoms with van der Waals surface area (Å²) in [7, 11) is 1.62. The molecule has 164 valence electrons. The van der Waals surface area contributed by atoms with Gasteiger partial charge in [0.15, 0.2) is 6.10 Å². The van der Waals surface area contributed by atoms with Crippen molar-refractivity contribution >= 4 is 17.5 Å². The van der Waals surface area contributed by atoms with E-state index in [9.17, 15) is 9.59 Å². The Morgan fingerprint density at radius 2 is 1.81 bits per heavy atom. The minimum Gasteiger partial charge on any atom is -0.496 e. The first-order chi connectivity index (χ1) is 15.2. The third-order valence-corrected chi connectivity index (χ3v) is 5.81. The second kappa shape index (κ2) is 9.73. The molecule has 2 amide bonds. The van der Waals surface area contributed by atoms with Gasteiger partial charge in [0, 0.05) is 25.2 Å². The lowest BCUT2D eigenvalue weighted by Crippen LogP contribution is -2.53. The molecule has 2 aromatic rings. The monoisotopic (exact) mass is 423 g/mol. The number of nitrogens with one attached hydrogen (secondary N) is 1. The van der Waals surface area contributed by atoms with Gasteiger partial charge in [-0.25, -0.2) is 0 Å². The molecular weight excluding hydrogens is 394 g/mol. The lowest BCUT2D eigenvalue weighted by Gasteiger charge is -2.38. The third kappa shape index (κ3) is 4.93. The van der Waals surface area contributed by atoms with E-state index in [0.29, 0.717) is 18.8 Å². The van der Waals surface area contributed by atoms with E-state index in [-0.39, 0.29) is 18.4 Å².